The first-order chi connectivity index (χ1) is 17.0. The van der Waals surface area contributed by atoms with Gasteiger partial charge in [0.1, 0.15) is 12.6 Å². The van der Waals surface area contributed by atoms with Gasteiger partial charge in [0.2, 0.25) is 5.91 Å². The molecule has 4 aromatic rings. The average Bonchev–Trinajstić information content (AvgIpc) is 3.36. The Kier molecular flexibility index (Phi) is 6.31. The van der Waals surface area contributed by atoms with Crippen molar-refractivity contribution in [2.24, 2.45) is 0 Å². The third-order valence-corrected chi connectivity index (χ3v) is 6.86. The summed E-state index contributed by atoms with van der Waals surface area (Å²) in [6.07, 6.45) is 2.03. The molecule has 5 nitrogen and oxygen atoms in total. The van der Waals surface area contributed by atoms with Gasteiger partial charge in [0, 0.05) is 22.3 Å². The minimum atomic E-state index is -0.302. The van der Waals surface area contributed by atoms with Gasteiger partial charge in [0.15, 0.2) is 0 Å². The van der Waals surface area contributed by atoms with Gasteiger partial charge in [0.25, 0.3) is 5.91 Å². The van der Waals surface area contributed by atoms with Gasteiger partial charge in [-0.3, -0.25) is 14.5 Å². The van der Waals surface area contributed by atoms with Crippen molar-refractivity contribution in [1.29, 1.82) is 0 Å². The van der Waals surface area contributed by atoms with Gasteiger partial charge in [-0.05, 0) is 61.9 Å². The fraction of sp³-hybridized carbons (Fsp3) is 0.172. The number of nitrogens with zero attached hydrogens (tertiary/aromatic N) is 3. The number of para-hydroxylation sites is 2. The minimum Gasteiger partial charge on any atom is -0.327 e. The zero-order chi connectivity index (χ0) is 24.5. The quantitative estimate of drug-likeness (QED) is 0.309. The molecule has 0 fully saturated rings. The summed E-state index contributed by atoms with van der Waals surface area (Å²) in [5.74, 6) is -0.296. The molecule has 1 atom stereocenters. The molecule has 0 bridgehead atoms. The van der Waals surface area contributed by atoms with Crippen LogP contribution in [0.1, 0.15) is 41.5 Å². The van der Waals surface area contributed by atoms with Gasteiger partial charge in [-0.25, -0.2) is 0 Å². The van der Waals surface area contributed by atoms with Gasteiger partial charge in [-0.2, -0.15) is 0 Å². The van der Waals surface area contributed by atoms with Crippen LogP contribution in [0, 0.1) is 0 Å². The number of carbonyl (C=O) groups is 2. The van der Waals surface area contributed by atoms with Crippen molar-refractivity contribution in [2.45, 2.75) is 25.9 Å². The zero-order valence-electron chi connectivity index (χ0n) is 19.6. The molecule has 1 unspecified atom stereocenters. The predicted molar refractivity (Wildman–Crippen MR) is 142 cm³/mol. The first kappa shape index (κ1) is 23.1. The SMILES string of the molecule is CC(C)N(CC(=O)N1c2ccccc2-n2cccc2C1c1ccccc1)C(=O)c1cccc(Br)c1. The number of amides is 2. The largest absolute Gasteiger partial charge is 0.327 e. The van der Waals surface area contributed by atoms with Crippen molar-refractivity contribution in [3.63, 3.8) is 0 Å². The molecule has 6 heteroatoms. The number of anilines is 1. The number of halogens is 1. The lowest BCUT2D eigenvalue weighted by atomic mass is 9.97. The lowest BCUT2D eigenvalue weighted by Crippen LogP contribution is -2.48. The summed E-state index contributed by atoms with van der Waals surface area (Å²) < 4.78 is 2.97. The summed E-state index contributed by atoms with van der Waals surface area (Å²) in [5, 5.41) is 0. The molecule has 176 valence electrons. The van der Waals surface area contributed by atoms with E-state index in [1.807, 2.05) is 97.7 Å². The van der Waals surface area contributed by atoms with Gasteiger partial charge in [0.05, 0.1) is 17.1 Å². The highest BCUT2D eigenvalue weighted by molar-refractivity contribution is 9.10. The van der Waals surface area contributed by atoms with Crippen LogP contribution in [-0.4, -0.2) is 33.9 Å². The Labute approximate surface area is 213 Å². The van der Waals surface area contributed by atoms with E-state index < -0.39 is 0 Å². The molecule has 3 aromatic carbocycles. The lowest BCUT2D eigenvalue weighted by molar-refractivity contribution is -0.120. The summed E-state index contributed by atoms with van der Waals surface area (Å²) in [4.78, 5) is 31.0. The first-order valence-corrected chi connectivity index (χ1v) is 12.4. The summed E-state index contributed by atoms with van der Waals surface area (Å²) >= 11 is 3.45. The van der Waals surface area contributed by atoms with Crippen molar-refractivity contribution >= 4 is 33.4 Å². The molecular weight excluding hydrogens is 502 g/mol. The van der Waals surface area contributed by atoms with E-state index in [2.05, 4.69) is 26.6 Å². The number of carbonyl (C=O) groups excluding carboxylic acids is 2. The molecule has 0 saturated heterocycles. The topological polar surface area (TPSA) is 45.6 Å². The van der Waals surface area contributed by atoms with Crippen molar-refractivity contribution in [1.82, 2.24) is 9.47 Å². The Morgan fingerprint density at radius 3 is 2.31 bits per heavy atom. The minimum absolute atomic E-state index is 0.0264. The molecular formula is C29H26BrN3O2. The molecule has 2 amide bonds. The first-order valence-electron chi connectivity index (χ1n) is 11.7. The van der Waals surface area contributed by atoms with Gasteiger partial charge in [-0.15, -0.1) is 0 Å². The van der Waals surface area contributed by atoms with E-state index in [0.29, 0.717) is 5.56 Å². The number of hydrogen-bond acceptors (Lipinski definition) is 2. The molecule has 35 heavy (non-hydrogen) atoms. The second-order valence-electron chi connectivity index (χ2n) is 8.91. The Morgan fingerprint density at radius 1 is 0.886 bits per heavy atom. The normalized spacial score (nSPS) is 14.4. The fourth-order valence-electron chi connectivity index (χ4n) is 4.71. The maximum atomic E-state index is 14.1. The second kappa shape index (κ2) is 9.55. The molecule has 2 heterocycles. The molecule has 0 spiro atoms. The molecule has 0 N–H and O–H groups in total. The second-order valence-corrected chi connectivity index (χ2v) is 9.82. The highest BCUT2D eigenvalue weighted by Crippen LogP contribution is 2.42. The fourth-order valence-corrected chi connectivity index (χ4v) is 5.11. The van der Waals surface area contributed by atoms with Crippen molar-refractivity contribution in [3.8, 4) is 5.69 Å². The lowest BCUT2D eigenvalue weighted by Gasteiger charge is -2.40. The standard InChI is InChI=1S/C29H26BrN3O2/c1-20(2)32(29(35)22-12-8-13-23(30)18-22)19-27(34)33-25-15-7-6-14-24(25)31-17-9-16-26(31)28(33)21-10-4-3-5-11-21/h3-18,20,28H,19H2,1-2H3. The van der Waals surface area contributed by atoms with Crippen molar-refractivity contribution in [3.05, 3.63) is 118 Å². The number of hydrogen-bond donors (Lipinski definition) is 0. The Bertz CT molecular complexity index is 1380. The summed E-state index contributed by atoms with van der Waals surface area (Å²) in [7, 11) is 0. The highest BCUT2D eigenvalue weighted by Gasteiger charge is 2.37. The van der Waals surface area contributed by atoms with Crippen LogP contribution in [-0.2, 0) is 4.79 Å². The molecule has 0 radical (unpaired) electrons. The molecule has 1 aromatic heterocycles. The maximum absolute atomic E-state index is 14.1. The number of fused-ring (bicyclic) bond motifs is 3. The van der Waals surface area contributed by atoms with Gasteiger partial charge >= 0.3 is 0 Å². The van der Waals surface area contributed by atoms with E-state index in [1.165, 1.54) is 0 Å². The van der Waals surface area contributed by atoms with Crippen LogP contribution in [0.25, 0.3) is 5.69 Å². The van der Waals surface area contributed by atoms with E-state index >= 15 is 0 Å². The Balaban J connectivity index is 1.57. The van der Waals surface area contributed by atoms with Crippen LogP contribution in [0.5, 0.6) is 0 Å². The molecule has 1 aliphatic heterocycles. The average molecular weight is 528 g/mol. The summed E-state index contributed by atoms with van der Waals surface area (Å²) in [6.45, 7) is 3.85. The van der Waals surface area contributed by atoms with E-state index in [-0.39, 0.29) is 30.4 Å². The predicted octanol–water partition coefficient (Wildman–Crippen LogP) is 6.23. The highest BCUT2D eigenvalue weighted by atomic mass is 79.9. The molecule has 1 aliphatic rings. The smallest absolute Gasteiger partial charge is 0.254 e. The van der Waals surface area contributed by atoms with Crippen LogP contribution in [0.2, 0.25) is 0 Å². The van der Waals surface area contributed by atoms with Crippen LogP contribution < -0.4 is 4.90 Å². The zero-order valence-corrected chi connectivity index (χ0v) is 21.2. The third kappa shape index (κ3) is 4.30. The Morgan fingerprint density at radius 2 is 1.60 bits per heavy atom. The monoisotopic (exact) mass is 527 g/mol. The van der Waals surface area contributed by atoms with Crippen LogP contribution >= 0.6 is 15.9 Å². The molecule has 0 aliphatic carbocycles. The van der Waals surface area contributed by atoms with E-state index in [0.717, 1.165) is 27.1 Å². The van der Waals surface area contributed by atoms with Gasteiger partial charge < -0.3 is 9.47 Å². The summed E-state index contributed by atoms with van der Waals surface area (Å²) in [5.41, 5.74) is 4.35. The number of benzene rings is 3. The Hall–Kier alpha value is -3.64. The number of rotatable bonds is 5. The molecule has 5 rings (SSSR count). The van der Waals surface area contributed by atoms with E-state index in [9.17, 15) is 9.59 Å². The molecule has 0 saturated carbocycles. The maximum Gasteiger partial charge on any atom is 0.254 e. The third-order valence-electron chi connectivity index (χ3n) is 6.36. The van der Waals surface area contributed by atoms with E-state index in [1.54, 1.807) is 17.0 Å². The van der Waals surface area contributed by atoms with Gasteiger partial charge in [-0.1, -0.05) is 64.5 Å². The van der Waals surface area contributed by atoms with Crippen molar-refractivity contribution < 1.29 is 9.59 Å². The van der Waals surface area contributed by atoms with Crippen LogP contribution in [0.3, 0.4) is 0 Å². The van der Waals surface area contributed by atoms with E-state index in [4.69, 9.17) is 0 Å². The van der Waals surface area contributed by atoms with Crippen LogP contribution in [0.4, 0.5) is 5.69 Å². The number of aromatic nitrogens is 1. The summed E-state index contributed by atoms with van der Waals surface area (Å²) in [6, 6.07) is 28.9. The van der Waals surface area contributed by atoms with Crippen LogP contribution in [0.15, 0.2) is 102 Å². The van der Waals surface area contributed by atoms with Crippen molar-refractivity contribution in [2.75, 3.05) is 11.4 Å².